The van der Waals surface area contributed by atoms with Crippen LogP contribution in [0.3, 0.4) is 0 Å². The smallest absolute Gasteiger partial charge is 0.145 e. The van der Waals surface area contributed by atoms with E-state index in [4.69, 9.17) is 4.74 Å². The summed E-state index contributed by atoms with van der Waals surface area (Å²) in [6.07, 6.45) is 7.83. The van der Waals surface area contributed by atoms with Gasteiger partial charge in [0.25, 0.3) is 0 Å². The fourth-order valence-electron chi connectivity index (χ4n) is 8.30. The number of ether oxygens (including phenoxy) is 1. The Balaban J connectivity index is 1.53. The Morgan fingerprint density at radius 1 is 1.22 bits per heavy atom. The number of hydrogen-bond acceptors (Lipinski definition) is 4. The van der Waals surface area contributed by atoms with Gasteiger partial charge in [-0.05, 0) is 87.4 Å². The van der Waals surface area contributed by atoms with Gasteiger partial charge in [0.1, 0.15) is 11.4 Å². The first kappa shape index (κ1) is 24.4. The Hall–Kier alpha value is -0.710. The fraction of sp³-hybridized carbons (Fsp3) is 0.893. The lowest BCUT2D eigenvalue weighted by Crippen LogP contribution is -2.57. The van der Waals surface area contributed by atoms with Crippen molar-refractivity contribution in [2.45, 2.75) is 110 Å². The summed E-state index contributed by atoms with van der Waals surface area (Å²) in [5, 5.41) is 20.3. The number of aliphatic hydroxyl groups is 2. The van der Waals surface area contributed by atoms with Gasteiger partial charge < -0.3 is 14.9 Å². The average Bonchev–Trinajstić information content (AvgIpc) is 3.33. The van der Waals surface area contributed by atoms with Crippen LogP contribution in [0, 0.1) is 40.4 Å². The summed E-state index contributed by atoms with van der Waals surface area (Å²) < 4.78 is 6.25. The van der Waals surface area contributed by atoms with Crippen LogP contribution in [0.4, 0.5) is 0 Å². The standard InChI is InChI=1S/C28H46O4/c1-17(2)18(3)7-8-19(4)22-9-10-23(26(22,5)13-14-29)21-15-24-28(32-24)16-20(30)11-12-27(28,6)25(21)31/h17,19-24,29-30H,3,7-16H2,1-2,4-6H3/t19-,20+,21-,22-,23+,24+,26-,27-,28+/m1/s1. The lowest BCUT2D eigenvalue weighted by Gasteiger charge is -2.49. The molecule has 182 valence electrons. The number of carbonyl (C=O) groups is 1. The van der Waals surface area contributed by atoms with Crippen molar-refractivity contribution in [1.29, 1.82) is 0 Å². The number of Topliss-reactive ketones (excluding diaryl/α,β-unsaturated/α-hetero) is 1. The molecule has 4 fully saturated rings. The van der Waals surface area contributed by atoms with Gasteiger partial charge in [-0.2, -0.15) is 0 Å². The maximum Gasteiger partial charge on any atom is 0.145 e. The van der Waals surface area contributed by atoms with Crippen LogP contribution in [-0.4, -0.2) is 40.4 Å². The summed E-state index contributed by atoms with van der Waals surface area (Å²) in [5.41, 5.74) is 0.437. The van der Waals surface area contributed by atoms with Gasteiger partial charge in [-0.15, -0.1) is 0 Å². The van der Waals surface area contributed by atoms with Gasteiger partial charge in [0.2, 0.25) is 0 Å². The Kier molecular flexibility index (Phi) is 6.49. The van der Waals surface area contributed by atoms with Crippen molar-refractivity contribution < 1.29 is 19.7 Å². The number of carbonyl (C=O) groups excluding carboxylic acids is 1. The summed E-state index contributed by atoms with van der Waals surface area (Å²) in [7, 11) is 0. The van der Waals surface area contributed by atoms with Gasteiger partial charge in [0.15, 0.2) is 0 Å². The van der Waals surface area contributed by atoms with E-state index in [-0.39, 0.29) is 30.1 Å². The predicted molar refractivity (Wildman–Crippen MR) is 127 cm³/mol. The molecule has 9 atom stereocenters. The van der Waals surface area contributed by atoms with E-state index in [0.717, 1.165) is 44.9 Å². The molecule has 0 bridgehead atoms. The van der Waals surface area contributed by atoms with Crippen molar-refractivity contribution in [2.75, 3.05) is 6.61 Å². The van der Waals surface area contributed by atoms with E-state index in [2.05, 4.69) is 41.2 Å². The van der Waals surface area contributed by atoms with Crippen molar-refractivity contribution in [3.8, 4) is 0 Å². The number of rotatable bonds is 8. The third-order valence-corrected chi connectivity index (χ3v) is 10.7. The second kappa shape index (κ2) is 8.50. The van der Waals surface area contributed by atoms with Crippen LogP contribution in [0.25, 0.3) is 0 Å². The number of aliphatic hydroxyl groups excluding tert-OH is 2. The highest BCUT2D eigenvalue weighted by atomic mass is 16.6. The summed E-state index contributed by atoms with van der Waals surface area (Å²) in [5.74, 6) is 2.33. The molecule has 4 nitrogen and oxygen atoms in total. The van der Waals surface area contributed by atoms with E-state index >= 15 is 0 Å². The first-order valence-electron chi connectivity index (χ1n) is 13.2. The van der Waals surface area contributed by atoms with E-state index in [9.17, 15) is 15.0 Å². The van der Waals surface area contributed by atoms with Crippen LogP contribution < -0.4 is 0 Å². The quantitative estimate of drug-likeness (QED) is 0.392. The summed E-state index contributed by atoms with van der Waals surface area (Å²) >= 11 is 0. The van der Waals surface area contributed by atoms with E-state index in [1.807, 2.05) is 0 Å². The zero-order valence-corrected chi connectivity index (χ0v) is 21.0. The third kappa shape index (κ3) is 3.64. The van der Waals surface area contributed by atoms with Gasteiger partial charge in [0, 0.05) is 18.9 Å². The van der Waals surface area contributed by atoms with Crippen molar-refractivity contribution in [3.63, 3.8) is 0 Å². The van der Waals surface area contributed by atoms with E-state index in [0.29, 0.717) is 42.3 Å². The summed E-state index contributed by atoms with van der Waals surface area (Å²) in [4.78, 5) is 14.0. The molecule has 1 aliphatic heterocycles. The highest BCUT2D eigenvalue weighted by Crippen LogP contribution is 2.68. The van der Waals surface area contributed by atoms with Gasteiger partial charge in [-0.1, -0.05) is 39.8 Å². The molecule has 1 spiro atoms. The molecule has 3 saturated carbocycles. The topological polar surface area (TPSA) is 70.1 Å². The average molecular weight is 447 g/mol. The molecule has 0 aromatic rings. The Morgan fingerprint density at radius 3 is 2.59 bits per heavy atom. The first-order valence-corrected chi connectivity index (χ1v) is 13.2. The van der Waals surface area contributed by atoms with Crippen molar-refractivity contribution >= 4 is 5.78 Å². The monoisotopic (exact) mass is 446 g/mol. The molecule has 3 aliphatic carbocycles. The minimum atomic E-state index is -0.460. The molecule has 4 rings (SSSR count). The maximum atomic E-state index is 14.0. The number of allylic oxidation sites excluding steroid dienone is 1. The normalized spacial score (nSPS) is 46.6. The molecule has 0 aromatic heterocycles. The van der Waals surface area contributed by atoms with Crippen LogP contribution in [-0.2, 0) is 9.53 Å². The molecule has 0 radical (unpaired) electrons. The van der Waals surface area contributed by atoms with Crippen LogP contribution in [0.2, 0.25) is 0 Å². The number of hydrogen-bond donors (Lipinski definition) is 2. The molecule has 0 aromatic carbocycles. The van der Waals surface area contributed by atoms with E-state index in [1.165, 1.54) is 5.57 Å². The predicted octanol–water partition coefficient (Wildman–Crippen LogP) is 5.31. The van der Waals surface area contributed by atoms with Crippen LogP contribution in [0.1, 0.15) is 92.4 Å². The van der Waals surface area contributed by atoms with Crippen LogP contribution >= 0.6 is 0 Å². The molecule has 1 heterocycles. The molecule has 32 heavy (non-hydrogen) atoms. The summed E-state index contributed by atoms with van der Waals surface area (Å²) in [6.45, 7) is 15.7. The molecule has 4 heteroatoms. The van der Waals surface area contributed by atoms with Crippen LogP contribution in [0.15, 0.2) is 12.2 Å². The highest BCUT2D eigenvalue weighted by molar-refractivity contribution is 5.90. The second-order valence-corrected chi connectivity index (χ2v) is 12.5. The Bertz CT molecular complexity index is 746. The first-order chi connectivity index (χ1) is 15.0. The number of epoxide rings is 1. The molecular formula is C28H46O4. The molecule has 1 saturated heterocycles. The van der Waals surface area contributed by atoms with Crippen molar-refractivity contribution in [2.24, 2.45) is 40.4 Å². The lowest BCUT2D eigenvalue weighted by molar-refractivity contribution is -0.147. The Labute approximate surface area is 195 Å². The summed E-state index contributed by atoms with van der Waals surface area (Å²) in [6, 6.07) is 0. The van der Waals surface area contributed by atoms with Crippen molar-refractivity contribution in [1.82, 2.24) is 0 Å². The molecule has 0 amide bonds. The second-order valence-electron chi connectivity index (χ2n) is 12.5. The zero-order valence-electron chi connectivity index (χ0n) is 21.0. The zero-order chi connectivity index (χ0) is 23.5. The van der Waals surface area contributed by atoms with Gasteiger partial charge in [0.05, 0.1) is 17.6 Å². The minimum Gasteiger partial charge on any atom is -0.396 e. The van der Waals surface area contributed by atoms with Gasteiger partial charge in [-0.3, -0.25) is 4.79 Å². The largest absolute Gasteiger partial charge is 0.396 e. The van der Waals surface area contributed by atoms with Gasteiger partial charge in [-0.25, -0.2) is 0 Å². The van der Waals surface area contributed by atoms with Crippen LogP contribution in [0.5, 0.6) is 0 Å². The molecule has 2 N–H and O–H groups in total. The molecule has 0 unspecified atom stereocenters. The number of ketones is 1. The fourth-order valence-corrected chi connectivity index (χ4v) is 8.30. The highest BCUT2D eigenvalue weighted by Gasteiger charge is 2.75. The van der Waals surface area contributed by atoms with Gasteiger partial charge >= 0.3 is 0 Å². The van der Waals surface area contributed by atoms with Crippen molar-refractivity contribution in [3.05, 3.63) is 12.2 Å². The maximum absolute atomic E-state index is 14.0. The van der Waals surface area contributed by atoms with E-state index in [1.54, 1.807) is 0 Å². The minimum absolute atomic E-state index is 0.0207. The lowest BCUT2D eigenvalue weighted by atomic mass is 9.52. The Morgan fingerprint density at radius 2 is 1.94 bits per heavy atom. The molecule has 4 aliphatic rings. The SMILES string of the molecule is C=C(CC[C@@H](C)[C@H]1CC[C@@H]([C@H]2C[C@@H]3O[C@@]34C[C@@H](O)CC[C@]4(C)C2=O)[C@]1(C)CCO)C(C)C. The van der Waals surface area contributed by atoms with E-state index < -0.39 is 11.0 Å². The third-order valence-electron chi connectivity index (χ3n) is 10.7. The molecular weight excluding hydrogens is 400 g/mol.